The minimum absolute atomic E-state index is 0.0844. The molecular weight excluding hydrogens is 294 g/mol. The van der Waals surface area contributed by atoms with Gasteiger partial charge in [-0.2, -0.15) is 0 Å². The van der Waals surface area contributed by atoms with Gasteiger partial charge >= 0.3 is 0 Å². The summed E-state index contributed by atoms with van der Waals surface area (Å²) >= 11 is 0. The lowest BCUT2D eigenvalue weighted by Crippen LogP contribution is -2.57. The van der Waals surface area contributed by atoms with Crippen LogP contribution in [0, 0.1) is 0 Å². The predicted molar refractivity (Wildman–Crippen MR) is 87.8 cm³/mol. The Morgan fingerprint density at radius 2 is 2.26 bits per heavy atom. The molecule has 6 heteroatoms. The molecule has 1 aliphatic rings. The fourth-order valence-corrected chi connectivity index (χ4v) is 2.65. The van der Waals surface area contributed by atoms with E-state index in [9.17, 15) is 14.4 Å². The van der Waals surface area contributed by atoms with Gasteiger partial charge in [0.2, 0.25) is 17.7 Å². The highest BCUT2D eigenvalue weighted by Crippen LogP contribution is 2.15. The molecule has 1 unspecified atom stereocenters. The Kier molecular flexibility index (Phi) is 5.51. The quantitative estimate of drug-likeness (QED) is 0.798. The van der Waals surface area contributed by atoms with Crippen LogP contribution in [0.25, 0.3) is 0 Å². The molecule has 1 aliphatic heterocycles. The van der Waals surface area contributed by atoms with Crippen LogP contribution in [0.3, 0.4) is 0 Å². The first-order valence-electron chi connectivity index (χ1n) is 7.64. The lowest BCUT2D eigenvalue weighted by Gasteiger charge is -2.34. The van der Waals surface area contributed by atoms with Gasteiger partial charge in [-0.3, -0.25) is 14.4 Å². The molecule has 1 atom stereocenters. The first kappa shape index (κ1) is 16.7. The number of rotatable bonds is 5. The summed E-state index contributed by atoms with van der Waals surface area (Å²) in [4.78, 5) is 37.3. The summed E-state index contributed by atoms with van der Waals surface area (Å²) in [6.45, 7) is 6.30. The fourth-order valence-electron chi connectivity index (χ4n) is 2.65. The molecule has 0 spiro atoms. The molecule has 0 bridgehead atoms. The van der Waals surface area contributed by atoms with Gasteiger partial charge in [-0.1, -0.05) is 25.6 Å². The van der Waals surface area contributed by atoms with E-state index in [0.29, 0.717) is 25.2 Å². The van der Waals surface area contributed by atoms with E-state index in [4.69, 9.17) is 0 Å². The number of hydrogen-bond acceptors (Lipinski definition) is 3. The van der Waals surface area contributed by atoms with Crippen molar-refractivity contribution in [1.29, 1.82) is 0 Å². The highest BCUT2D eigenvalue weighted by molar-refractivity contribution is 5.99. The maximum atomic E-state index is 12.5. The molecule has 1 fully saturated rings. The van der Waals surface area contributed by atoms with Gasteiger partial charge in [-0.15, -0.1) is 0 Å². The van der Waals surface area contributed by atoms with Gasteiger partial charge in [-0.05, 0) is 30.2 Å². The standard InChI is InChI=1S/C17H21N3O3/c1-3-14-17(23)18-8-9-20(14)16(22)11-12-6-5-7-13(10-12)19-15(21)4-2/h4-7,10,14H,2-3,8-9,11H2,1H3,(H,18,23)(H,19,21). The van der Waals surface area contributed by atoms with Gasteiger partial charge in [0.05, 0.1) is 6.42 Å². The molecule has 1 aromatic rings. The minimum Gasteiger partial charge on any atom is -0.353 e. The van der Waals surface area contributed by atoms with Crippen LogP contribution < -0.4 is 10.6 Å². The molecule has 1 saturated heterocycles. The van der Waals surface area contributed by atoms with Crippen molar-refractivity contribution in [3.05, 3.63) is 42.5 Å². The van der Waals surface area contributed by atoms with E-state index < -0.39 is 6.04 Å². The number of nitrogens with one attached hydrogen (secondary N) is 2. The number of anilines is 1. The Morgan fingerprint density at radius 1 is 1.48 bits per heavy atom. The van der Waals surface area contributed by atoms with Gasteiger partial charge in [-0.25, -0.2) is 0 Å². The average Bonchev–Trinajstić information content (AvgIpc) is 2.54. The molecule has 0 aliphatic carbocycles. The van der Waals surface area contributed by atoms with Crippen molar-refractivity contribution in [3.8, 4) is 0 Å². The zero-order chi connectivity index (χ0) is 16.8. The minimum atomic E-state index is -0.403. The summed E-state index contributed by atoms with van der Waals surface area (Å²) in [7, 11) is 0. The van der Waals surface area contributed by atoms with Gasteiger partial charge in [0, 0.05) is 18.8 Å². The van der Waals surface area contributed by atoms with Crippen molar-refractivity contribution in [3.63, 3.8) is 0 Å². The fraction of sp³-hybridized carbons (Fsp3) is 0.353. The number of nitrogens with zero attached hydrogens (tertiary/aromatic N) is 1. The lowest BCUT2D eigenvalue weighted by atomic mass is 10.1. The Labute approximate surface area is 135 Å². The molecule has 1 aromatic carbocycles. The van der Waals surface area contributed by atoms with E-state index in [-0.39, 0.29) is 24.1 Å². The molecule has 2 N–H and O–H groups in total. The van der Waals surface area contributed by atoms with E-state index in [0.717, 1.165) is 5.56 Å². The smallest absolute Gasteiger partial charge is 0.247 e. The number of piperazine rings is 1. The molecule has 23 heavy (non-hydrogen) atoms. The predicted octanol–water partition coefficient (Wildman–Crippen LogP) is 1.09. The largest absolute Gasteiger partial charge is 0.353 e. The average molecular weight is 315 g/mol. The zero-order valence-electron chi connectivity index (χ0n) is 13.2. The topological polar surface area (TPSA) is 78.5 Å². The van der Waals surface area contributed by atoms with E-state index in [1.165, 1.54) is 6.08 Å². The normalized spacial score (nSPS) is 17.3. The molecule has 3 amide bonds. The van der Waals surface area contributed by atoms with Crippen LogP contribution in [-0.4, -0.2) is 41.8 Å². The third-order valence-electron chi connectivity index (χ3n) is 3.77. The lowest BCUT2D eigenvalue weighted by molar-refractivity contribution is -0.142. The van der Waals surface area contributed by atoms with Crippen LogP contribution in [0.4, 0.5) is 5.69 Å². The van der Waals surface area contributed by atoms with Gasteiger partial charge in [0.25, 0.3) is 0 Å². The maximum Gasteiger partial charge on any atom is 0.247 e. The van der Waals surface area contributed by atoms with Crippen molar-refractivity contribution in [1.82, 2.24) is 10.2 Å². The summed E-state index contributed by atoms with van der Waals surface area (Å²) < 4.78 is 0. The van der Waals surface area contributed by atoms with Crippen molar-refractivity contribution in [2.45, 2.75) is 25.8 Å². The van der Waals surface area contributed by atoms with Gasteiger partial charge < -0.3 is 15.5 Å². The van der Waals surface area contributed by atoms with Crippen LogP contribution in [0.5, 0.6) is 0 Å². The Morgan fingerprint density at radius 3 is 2.96 bits per heavy atom. The van der Waals surface area contributed by atoms with Gasteiger partial charge in [0.15, 0.2) is 0 Å². The van der Waals surface area contributed by atoms with Crippen LogP contribution >= 0.6 is 0 Å². The monoisotopic (exact) mass is 315 g/mol. The van der Waals surface area contributed by atoms with E-state index in [1.807, 2.05) is 13.0 Å². The molecule has 0 radical (unpaired) electrons. The molecule has 1 heterocycles. The molecule has 122 valence electrons. The second kappa shape index (κ2) is 7.58. The van der Waals surface area contributed by atoms with Crippen molar-refractivity contribution in [2.24, 2.45) is 0 Å². The van der Waals surface area contributed by atoms with E-state index in [2.05, 4.69) is 17.2 Å². The Bertz CT molecular complexity index is 627. The third-order valence-corrected chi connectivity index (χ3v) is 3.77. The molecule has 2 rings (SSSR count). The second-order valence-corrected chi connectivity index (χ2v) is 5.37. The highest BCUT2D eigenvalue weighted by atomic mass is 16.2. The summed E-state index contributed by atoms with van der Waals surface area (Å²) in [5.74, 6) is -0.481. The first-order chi connectivity index (χ1) is 11.0. The van der Waals surface area contributed by atoms with Crippen LogP contribution in [0.2, 0.25) is 0 Å². The number of hydrogen-bond donors (Lipinski definition) is 2. The van der Waals surface area contributed by atoms with Crippen LogP contribution in [0.15, 0.2) is 36.9 Å². The Hall–Kier alpha value is -2.63. The maximum absolute atomic E-state index is 12.5. The summed E-state index contributed by atoms with van der Waals surface area (Å²) in [6.07, 6.45) is 1.98. The highest BCUT2D eigenvalue weighted by Gasteiger charge is 2.31. The molecular formula is C17H21N3O3. The van der Waals surface area contributed by atoms with Crippen LogP contribution in [0.1, 0.15) is 18.9 Å². The summed E-state index contributed by atoms with van der Waals surface area (Å²) in [5, 5.41) is 5.44. The summed E-state index contributed by atoms with van der Waals surface area (Å²) in [6, 6.07) is 6.71. The van der Waals surface area contributed by atoms with Crippen LogP contribution in [-0.2, 0) is 20.8 Å². The van der Waals surface area contributed by atoms with Crippen molar-refractivity contribution >= 4 is 23.4 Å². The summed E-state index contributed by atoms with van der Waals surface area (Å²) in [5.41, 5.74) is 1.40. The molecule has 0 saturated carbocycles. The molecule has 6 nitrogen and oxygen atoms in total. The number of amides is 3. The third kappa shape index (κ3) is 4.18. The number of carbonyl (C=O) groups excluding carboxylic acids is 3. The number of carbonyl (C=O) groups is 3. The van der Waals surface area contributed by atoms with E-state index >= 15 is 0 Å². The van der Waals surface area contributed by atoms with E-state index in [1.54, 1.807) is 23.1 Å². The molecule has 0 aromatic heterocycles. The first-order valence-corrected chi connectivity index (χ1v) is 7.64. The van der Waals surface area contributed by atoms with Gasteiger partial charge in [0.1, 0.15) is 6.04 Å². The Balaban J connectivity index is 2.07. The zero-order valence-corrected chi connectivity index (χ0v) is 13.2. The van der Waals surface area contributed by atoms with Crippen molar-refractivity contribution in [2.75, 3.05) is 18.4 Å². The SMILES string of the molecule is C=CC(=O)Nc1cccc(CC(=O)N2CCNC(=O)C2CC)c1. The van der Waals surface area contributed by atoms with Crippen molar-refractivity contribution < 1.29 is 14.4 Å². The number of benzene rings is 1. The second-order valence-electron chi connectivity index (χ2n) is 5.37.